The highest BCUT2D eigenvalue weighted by molar-refractivity contribution is 5.88. The molecule has 3 aliphatic heterocycles. The van der Waals surface area contributed by atoms with Crippen LogP contribution in [0.4, 0.5) is 13.6 Å². The summed E-state index contributed by atoms with van der Waals surface area (Å²) in [7, 11) is 0. The first-order valence-electron chi connectivity index (χ1n) is 8.35. The van der Waals surface area contributed by atoms with Crippen LogP contribution in [0.15, 0.2) is 0 Å². The number of hydrogen-bond acceptors (Lipinski definition) is 6. The Balaban J connectivity index is 1.55. The zero-order chi connectivity index (χ0) is 18.9. The van der Waals surface area contributed by atoms with Crippen LogP contribution in [0.5, 0.6) is 0 Å². The topological polar surface area (TPSA) is 120 Å². The highest BCUT2D eigenvalue weighted by Gasteiger charge is 2.53. The Labute approximate surface area is 147 Å². The smallest absolute Gasteiger partial charge is 0.475 e. The van der Waals surface area contributed by atoms with Crippen molar-refractivity contribution >= 4 is 17.9 Å². The molecule has 26 heavy (non-hydrogen) atoms. The molecule has 146 valence electrons. The van der Waals surface area contributed by atoms with Gasteiger partial charge in [0.05, 0.1) is 12.6 Å². The molecule has 3 saturated heterocycles. The maximum absolute atomic E-state index is 13.3. The SMILES string of the molecule is O=C(NOC[C@@H]1CCCN1)[C@@H]1CCC2CN1C(=O)N2OC(F)(F)C(=O)O. The predicted molar refractivity (Wildman–Crippen MR) is 79.5 cm³/mol. The van der Waals surface area contributed by atoms with Gasteiger partial charge in [-0.25, -0.2) is 15.1 Å². The number of carboxylic acids is 1. The molecular weight excluding hydrogens is 358 g/mol. The Morgan fingerprint density at radius 1 is 1.35 bits per heavy atom. The molecule has 0 aliphatic carbocycles. The van der Waals surface area contributed by atoms with Crippen LogP contribution in [0.3, 0.4) is 0 Å². The second kappa shape index (κ2) is 7.29. The molecule has 0 aromatic heterocycles. The molecule has 1 unspecified atom stereocenters. The van der Waals surface area contributed by atoms with Crippen molar-refractivity contribution in [3.63, 3.8) is 0 Å². The summed E-state index contributed by atoms with van der Waals surface area (Å²) in [6.45, 7) is 1.18. The largest absolute Gasteiger partial charge is 0.476 e. The van der Waals surface area contributed by atoms with Gasteiger partial charge in [0.15, 0.2) is 0 Å². The lowest BCUT2D eigenvalue weighted by Gasteiger charge is -2.29. The minimum absolute atomic E-state index is 0.00317. The quantitative estimate of drug-likeness (QED) is 0.519. The predicted octanol–water partition coefficient (Wildman–Crippen LogP) is -0.336. The van der Waals surface area contributed by atoms with Crippen molar-refractivity contribution in [3.8, 4) is 0 Å². The minimum Gasteiger partial charge on any atom is -0.475 e. The van der Waals surface area contributed by atoms with Gasteiger partial charge in [-0.2, -0.15) is 18.7 Å². The van der Waals surface area contributed by atoms with Gasteiger partial charge < -0.3 is 15.3 Å². The molecule has 3 aliphatic rings. The Kier molecular flexibility index (Phi) is 5.25. The standard InChI is InChI=1S/C14H20F2N4O6/c15-14(16,12(22)23)26-20-9-3-4-10(19(6-9)13(20)24)11(21)18-25-7-8-2-1-5-17-8/h8-10,17H,1-7H2,(H,18,21)(H,22,23)/t8-,9?,10-/m0/s1. The van der Waals surface area contributed by atoms with Gasteiger partial charge in [0.2, 0.25) is 0 Å². The van der Waals surface area contributed by atoms with Gasteiger partial charge in [0.1, 0.15) is 6.04 Å². The summed E-state index contributed by atoms with van der Waals surface area (Å²) in [6.07, 6.45) is -2.10. The van der Waals surface area contributed by atoms with Crippen molar-refractivity contribution in [2.45, 2.75) is 49.9 Å². The number of fused-ring (bicyclic) bond motifs is 2. The summed E-state index contributed by atoms with van der Waals surface area (Å²) in [5.41, 5.74) is 2.29. The number of alkyl halides is 2. The first kappa shape index (κ1) is 18.7. The van der Waals surface area contributed by atoms with Gasteiger partial charge in [-0.15, -0.1) is 0 Å². The number of nitrogens with one attached hydrogen (secondary N) is 2. The van der Waals surface area contributed by atoms with E-state index >= 15 is 0 Å². The molecule has 3 rings (SSSR count). The van der Waals surface area contributed by atoms with Crippen LogP contribution in [0.1, 0.15) is 25.7 Å². The van der Waals surface area contributed by atoms with Crippen molar-refractivity contribution in [1.29, 1.82) is 0 Å². The number of carbonyl (C=O) groups is 3. The highest BCUT2D eigenvalue weighted by Crippen LogP contribution is 2.33. The number of piperidine rings is 1. The Morgan fingerprint density at radius 3 is 2.77 bits per heavy atom. The van der Waals surface area contributed by atoms with Crippen molar-refractivity contribution < 1.29 is 37.9 Å². The third kappa shape index (κ3) is 3.71. The summed E-state index contributed by atoms with van der Waals surface area (Å²) < 4.78 is 26.5. The lowest BCUT2D eigenvalue weighted by Crippen LogP contribution is -2.50. The molecule has 0 saturated carbocycles. The minimum atomic E-state index is -4.52. The molecule has 3 amide bonds. The van der Waals surface area contributed by atoms with Crippen LogP contribution < -0.4 is 10.8 Å². The van der Waals surface area contributed by atoms with E-state index < -0.39 is 36.1 Å². The molecule has 3 N–H and O–H groups in total. The fourth-order valence-electron chi connectivity index (χ4n) is 3.37. The van der Waals surface area contributed by atoms with Gasteiger partial charge in [0, 0.05) is 12.6 Å². The van der Waals surface area contributed by atoms with E-state index in [0.29, 0.717) is 5.06 Å². The van der Waals surface area contributed by atoms with Gasteiger partial charge in [-0.1, -0.05) is 0 Å². The van der Waals surface area contributed by atoms with E-state index in [1.165, 1.54) is 0 Å². The van der Waals surface area contributed by atoms with Crippen LogP contribution in [0.25, 0.3) is 0 Å². The molecule has 12 heteroatoms. The molecule has 0 aromatic carbocycles. The monoisotopic (exact) mass is 378 g/mol. The summed E-state index contributed by atoms with van der Waals surface area (Å²) in [5, 5.41) is 12.0. The lowest BCUT2D eigenvalue weighted by atomic mass is 10.0. The zero-order valence-corrected chi connectivity index (χ0v) is 13.8. The second-order valence-corrected chi connectivity index (χ2v) is 6.49. The van der Waals surface area contributed by atoms with Crippen molar-refractivity contribution in [1.82, 2.24) is 20.8 Å². The van der Waals surface area contributed by atoms with E-state index in [1.54, 1.807) is 0 Å². The third-order valence-electron chi connectivity index (χ3n) is 4.71. The fourth-order valence-corrected chi connectivity index (χ4v) is 3.37. The van der Waals surface area contributed by atoms with E-state index in [4.69, 9.17) is 9.94 Å². The molecule has 3 fully saturated rings. The lowest BCUT2D eigenvalue weighted by molar-refractivity contribution is -0.327. The normalized spacial score (nSPS) is 28.5. The summed E-state index contributed by atoms with van der Waals surface area (Å²) in [5.74, 6) is -3.05. The number of carbonyl (C=O) groups excluding carboxylic acids is 2. The number of halogens is 2. The third-order valence-corrected chi connectivity index (χ3v) is 4.71. The summed E-state index contributed by atoms with van der Waals surface area (Å²) >= 11 is 0. The zero-order valence-electron chi connectivity index (χ0n) is 13.8. The maximum Gasteiger partial charge on any atom is 0.476 e. The van der Waals surface area contributed by atoms with E-state index in [0.717, 1.165) is 24.3 Å². The number of nitrogens with zero attached hydrogens (tertiary/aromatic N) is 2. The average molecular weight is 378 g/mol. The van der Waals surface area contributed by atoms with Crippen molar-refractivity contribution in [2.75, 3.05) is 19.7 Å². The number of rotatable bonds is 7. The molecule has 2 bridgehead atoms. The van der Waals surface area contributed by atoms with Gasteiger partial charge in [-0.05, 0) is 32.2 Å². The van der Waals surface area contributed by atoms with Gasteiger partial charge >= 0.3 is 18.1 Å². The fraction of sp³-hybridized carbons (Fsp3) is 0.786. The number of urea groups is 1. The summed E-state index contributed by atoms with van der Waals surface area (Å²) in [6, 6.07) is -2.43. The van der Waals surface area contributed by atoms with Crippen LogP contribution in [0, 0.1) is 0 Å². The van der Waals surface area contributed by atoms with E-state index in [-0.39, 0.29) is 32.0 Å². The van der Waals surface area contributed by atoms with Crippen LogP contribution in [-0.4, -0.2) is 76.9 Å². The van der Waals surface area contributed by atoms with Crippen LogP contribution in [0.2, 0.25) is 0 Å². The van der Waals surface area contributed by atoms with Crippen LogP contribution in [-0.2, 0) is 19.3 Å². The molecule has 3 heterocycles. The molecule has 10 nitrogen and oxygen atoms in total. The van der Waals surface area contributed by atoms with Gasteiger partial charge in [-0.3, -0.25) is 9.63 Å². The summed E-state index contributed by atoms with van der Waals surface area (Å²) in [4.78, 5) is 45.4. The van der Waals surface area contributed by atoms with E-state index in [9.17, 15) is 23.2 Å². The maximum atomic E-state index is 13.3. The number of hydrogen-bond donors (Lipinski definition) is 3. The van der Waals surface area contributed by atoms with Crippen molar-refractivity contribution in [3.05, 3.63) is 0 Å². The molecule has 0 radical (unpaired) electrons. The number of hydroxylamine groups is 3. The molecule has 0 spiro atoms. The Morgan fingerprint density at radius 2 is 2.12 bits per heavy atom. The number of carboxylic acid groups (broad SMARTS) is 1. The van der Waals surface area contributed by atoms with Gasteiger partial charge in [0.25, 0.3) is 5.91 Å². The first-order valence-corrected chi connectivity index (χ1v) is 8.35. The van der Waals surface area contributed by atoms with E-state index in [2.05, 4.69) is 15.6 Å². The molecule has 3 atom stereocenters. The Hall–Kier alpha value is -2.05. The molecule has 0 aromatic rings. The average Bonchev–Trinajstić information content (AvgIpc) is 3.18. The Bertz CT molecular complexity index is 586. The highest BCUT2D eigenvalue weighted by atomic mass is 19.3. The van der Waals surface area contributed by atoms with Crippen LogP contribution >= 0.6 is 0 Å². The number of amides is 3. The first-order chi connectivity index (χ1) is 12.3. The van der Waals surface area contributed by atoms with E-state index in [1.807, 2.05) is 0 Å². The number of aliphatic carboxylic acids is 1. The second-order valence-electron chi connectivity index (χ2n) is 6.49. The molecular formula is C14H20F2N4O6. The van der Waals surface area contributed by atoms with Crippen molar-refractivity contribution in [2.24, 2.45) is 0 Å².